The van der Waals surface area contributed by atoms with Gasteiger partial charge in [-0.1, -0.05) is 50.6 Å². The predicted octanol–water partition coefficient (Wildman–Crippen LogP) is 3.51. The monoisotopic (exact) mass is 298 g/mol. The Morgan fingerprint density at radius 1 is 1.14 bits per heavy atom. The third kappa shape index (κ3) is 4.04. The molecule has 1 heterocycles. The normalized spacial score (nSPS) is 11.5. The third-order valence-electron chi connectivity index (χ3n) is 3.51. The second-order valence-electron chi connectivity index (χ2n) is 6.64. The van der Waals surface area contributed by atoms with E-state index < -0.39 is 0 Å². The van der Waals surface area contributed by atoms with Crippen LogP contribution in [0.25, 0.3) is 11.4 Å². The van der Waals surface area contributed by atoms with Crippen LogP contribution < -0.4 is 11.1 Å². The Bertz CT molecular complexity index is 612. The molecule has 3 N–H and O–H groups in total. The Hall–Kier alpha value is -1.94. The Labute approximate surface area is 133 Å². The summed E-state index contributed by atoms with van der Waals surface area (Å²) in [6.45, 7) is 10.1. The van der Waals surface area contributed by atoms with Gasteiger partial charge in [-0.05, 0) is 19.9 Å². The maximum Gasteiger partial charge on any atom is 0.159 e. The van der Waals surface area contributed by atoms with Crippen molar-refractivity contribution in [3.8, 4) is 11.4 Å². The number of aromatic nitrogens is 2. The Morgan fingerprint density at radius 3 is 2.41 bits per heavy atom. The van der Waals surface area contributed by atoms with Crippen molar-refractivity contribution in [2.75, 3.05) is 18.4 Å². The molecule has 2 aromatic rings. The van der Waals surface area contributed by atoms with E-state index in [1.807, 2.05) is 6.20 Å². The second kappa shape index (κ2) is 6.88. The van der Waals surface area contributed by atoms with Gasteiger partial charge in [-0.2, -0.15) is 0 Å². The average molecular weight is 298 g/mol. The summed E-state index contributed by atoms with van der Waals surface area (Å²) >= 11 is 0. The zero-order chi connectivity index (χ0) is 16.2. The van der Waals surface area contributed by atoms with Crippen molar-refractivity contribution in [2.45, 2.75) is 39.5 Å². The topological polar surface area (TPSA) is 63.8 Å². The van der Waals surface area contributed by atoms with Crippen LogP contribution in [-0.4, -0.2) is 23.1 Å². The zero-order valence-corrected chi connectivity index (χ0v) is 14.0. The first-order chi connectivity index (χ1) is 10.4. The lowest BCUT2D eigenvalue weighted by atomic mass is 9.90. The van der Waals surface area contributed by atoms with Gasteiger partial charge in [-0.15, -0.1) is 0 Å². The van der Waals surface area contributed by atoms with Crippen LogP contribution in [0.5, 0.6) is 0 Å². The van der Waals surface area contributed by atoms with Crippen LogP contribution in [0.4, 0.5) is 5.69 Å². The number of anilines is 1. The molecule has 0 spiro atoms. The molecule has 0 aliphatic rings. The molecular weight excluding hydrogens is 272 g/mol. The van der Waals surface area contributed by atoms with Crippen LogP contribution in [-0.2, 0) is 5.41 Å². The van der Waals surface area contributed by atoms with E-state index in [9.17, 15) is 0 Å². The van der Waals surface area contributed by atoms with E-state index in [0.717, 1.165) is 35.7 Å². The fraction of sp³-hybridized carbons (Fsp3) is 0.444. The number of aryl methyl sites for hydroxylation is 1. The number of hydrogen-bond donors (Lipinski definition) is 2. The molecule has 0 unspecified atom stereocenters. The summed E-state index contributed by atoms with van der Waals surface area (Å²) < 4.78 is 0. The minimum atomic E-state index is -0.0482. The highest BCUT2D eigenvalue weighted by molar-refractivity contribution is 5.59. The molecule has 0 saturated carbocycles. The highest BCUT2D eigenvalue weighted by Gasteiger charge is 2.21. The molecule has 0 radical (unpaired) electrons. The number of hydrogen-bond acceptors (Lipinski definition) is 4. The fourth-order valence-corrected chi connectivity index (χ4v) is 2.25. The van der Waals surface area contributed by atoms with Crippen LogP contribution in [0.1, 0.15) is 38.4 Å². The van der Waals surface area contributed by atoms with Gasteiger partial charge in [0.15, 0.2) is 5.82 Å². The lowest BCUT2D eigenvalue weighted by Crippen LogP contribution is -2.19. The number of nitrogens with one attached hydrogen (secondary N) is 1. The van der Waals surface area contributed by atoms with Gasteiger partial charge >= 0.3 is 0 Å². The first-order valence-corrected chi connectivity index (χ1v) is 7.80. The summed E-state index contributed by atoms with van der Waals surface area (Å²) in [7, 11) is 0. The molecular formula is C18H26N4. The predicted molar refractivity (Wildman–Crippen MR) is 93.1 cm³/mol. The maximum atomic E-state index is 5.56. The number of rotatable bonds is 5. The molecule has 22 heavy (non-hydrogen) atoms. The average Bonchev–Trinajstić information content (AvgIpc) is 2.47. The summed E-state index contributed by atoms with van der Waals surface area (Å²) in [6.07, 6.45) is 2.82. The van der Waals surface area contributed by atoms with Crippen molar-refractivity contribution in [3.63, 3.8) is 0 Å². The van der Waals surface area contributed by atoms with Crippen molar-refractivity contribution in [1.82, 2.24) is 9.97 Å². The fourth-order valence-electron chi connectivity index (χ4n) is 2.25. The third-order valence-corrected chi connectivity index (χ3v) is 3.51. The standard InChI is InChI=1S/C18H26N4/c1-13-6-8-14(9-7-13)17-21-12-15(20-11-5-10-19)16(22-17)18(2,3)4/h6-9,12,20H,5,10-11,19H2,1-4H3. The second-order valence-corrected chi connectivity index (χ2v) is 6.64. The van der Waals surface area contributed by atoms with Gasteiger partial charge in [0.05, 0.1) is 17.6 Å². The van der Waals surface area contributed by atoms with Crippen LogP contribution in [0.3, 0.4) is 0 Å². The lowest BCUT2D eigenvalue weighted by Gasteiger charge is -2.22. The molecule has 1 aromatic heterocycles. The lowest BCUT2D eigenvalue weighted by molar-refractivity contribution is 0.569. The van der Waals surface area contributed by atoms with Crippen molar-refractivity contribution in [1.29, 1.82) is 0 Å². The van der Waals surface area contributed by atoms with E-state index in [4.69, 9.17) is 10.7 Å². The summed E-state index contributed by atoms with van der Waals surface area (Å²) in [5.41, 5.74) is 9.83. The molecule has 0 aliphatic heterocycles. The van der Waals surface area contributed by atoms with Crippen LogP contribution in [0, 0.1) is 6.92 Å². The van der Waals surface area contributed by atoms with Gasteiger partial charge < -0.3 is 11.1 Å². The van der Waals surface area contributed by atoms with Crippen LogP contribution in [0.15, 0.2) is 30.5 Å². The van der Waals surface area contributed by atoms with E-state index in [-0.39, 0.29) is 5.41 Å². The van der Waals surface area contributed by atoms with Gasteiger partial charge in [0.2, 0.25) is 0 Å². The summed E-state index contributed by atoms with van der Waals surface area (Å²) in [4.78, 5) is 9.34. The molecule has 4 heteroatoms. The van der Waals surface area contributed by atoms with Crippen LogP contribution in [0.2, 0.25) is 0 Å². The molecule has 0 aliphatic carbocycles. The highest BCUT2D eigenvalue weighted by atomic mass is 15.0. The number of benzene rings is 1. The quantitative estimate of drug-likeness (QED) is 0.829. The molecule has 0 bridgehead atoms. The van der Waals surface area contributed by atoms with E-state index in [0.29, 0.717) is 6.54 Å². The molecule has 1 aromatic carbocycles. The zero-order valence-electron chi connectivity index (χ0n) is 14.0. The maximum absolute atomic E-state index is 5.56. The van der Waals surface area contributed by atoms with Crippen molar-refractivity contribution < 1.29 is 0 Å². The Balaban J connectivity index is 2.36. The molecule has 2 rings (SSSR count). The van der Waals surface area contributed by atoms with Gasteiger partial charge in [0.25, 0.3) is 0 Å². The summed E-state index contributed by atoms with van der Waals surface area (Å²) in [5.74, 6) is 0.772. The van der Waals surface area contributed by atoms with E-state index in [1.165, 1.54) is 5.56 Å². The van der Waals surface area contributed by atoms with E-state index >= 15 is 0 Å². The molecule has 0 fully saturated rings. The van der Waals surface area contributed by atoms with Gasteiger partial charge in [0, 0.05) is 17.5 Å². The van der Waals surface area contributed by atoms with Gasteiger partial charge in [-0.25, -0.2) is 9.97 Å². The summed E-state index contributed by atoms with van der Waals surface area (Å²) in [5, 5.41) is 3.40. The minimum absolute atomic E-state index is 0.0482. The van der Waals surface area contributed by atoms with Crippen molar-refractivity contribution in [3.05, 3.63) is 41.7 Å². The molecule has 0 atom stereocenters. The minimum Gasteiger partial charge on any atom is -0.382 e. The number of nitrogens with zero attached hydrogens (tertiary/aromatic N) is 2. The first-order valence-electron chi connectivity index (χ1n) is 7.80. The highest BCUT2D eigenvalue weighted by Crippen LogP contribution is 2.29. The van der Waals surface area contributed by atoms with Gasteiger partial charge in [-0.3, -0.25) is 0 Å². The molecule has 4 nitrogen and oxygen atoms in total. The smallest absolute Gasteiger partial charge is 0.159 e. The largest absolute Gasteiger partial charge is 0.382 e. The van der Waals surface area contributed by atoms with Crippen molar-refractivity contribution >= 4 is 5.69 Å². The van der Waals surface area contributed by atoms with E-state index in [2.05, 4.69) is 62.3 Å². The SMILES string of the molecule is Cc1ccc(-c2ncc(NCCCN)c(C(C)(C)C)n2)cc1. The Morgan fingerprint density at radius 2 is 1.82 bits per heavy atom. The molecule has 0 saturated heterocycles. The first kappa shape index (κ1) is 16.4. The molecule has 118 valence electrons. The van der Waals surface area contributed by atoms with Crippen molar-refractivity contribution in [2.24, 2.45) is 5.73 Å². The molecule has 0 amide bonds. The van der Waals surface area contributed by atoms with Crippen LogP contribution >= 0.6 is 0 Å². The summed E-state index contributed by atoms with van der Waals surface area (Å²) in [6, 6.07) is 8.31. The van der Waals surface area contributed by atoms with E-state index in [1.54, 1.807) is 0 Å². The number of nitrogens with two attached hydrogens (primary N) is 1. The Kier molecular flexibility index (Phi) is 5.14. The van der Waals surface area contributed by atoms with Gasteiger partial charge in [0.1, 0.15) is 0 Å².